The molecule has 1 aromatic rings. The summed E-state index contributed by atoms with van der Waals surface area (Å²) in [5, 5.41) is 2.25. The lowest BCUT2D eigenvalue weighted by Crippen LogP contribution is -2.39. The van der Waals surface area contributed by atoms with Crippen molar-refractivity contribution < 1.29 is 32.3 Å². The fourth-order valence-electron chi connectivity index (χ4n) is 2.07. The summed E-state index contributed by atoms with van der Waals surface area (Å²) in [6, 6.07) is 2.65. The zero-order chi connectivity index (χ0) is 18.8. The molecule has 0 atom stereocenters. The molecule has 0 aromatic heterocycles. The fourth-order valence-corrected chi connectivity index (χ4v) is 2.07. The number of carbonyl (C=O) groups excluding carboxylic acids is 4. The molecule has 5 amide bonds. The highest BCUT2D eigenvalue weighted by atomic mass is 19.4. The summed E-state index contributed by atoms with van der Waals surface area (Å²) in [6.07, 6.45) is -3.26. The molecule has 10 heteroatoms. The highest BCUT2D eigenvalue weighted by Gasteiger charge is 2.44. The Labute approximate surface area is 139 Å². The lowest BCUT2D eigenvalue weighted by Gasteiger charge is -2.14. The average molecular weight is 355 g/mol. The topological polar surface area (TPSA) is 86.8 Å². The van der Waals surface area contributed by atoms with E-state index in [0.717, 1.165) is 24.3 Å². The molecular weight excluding hydrogens is 343 g/mol. The van der Waals surface area contributed by atoms with E-state index >= 15 is 0 Å². The van der Waals surface area contributed by atoms with Crippen molar-refractivity contribution in [3.63, 3.8) is 0 Å². The second-order valence-electron chi connectivity index (χ2n) is 5.00. The van der Waals surface area contributed by atoms with Crippen LogP contribution in [0.25, 0.3) is 0 Å². The van der Waals surface area contributed by atoms with Crippen molar-refractivity contribution in [1.82, 2.24) is 9.80 Å². The maximum absolute atomic E-state index is 12.5. The average Bonchev–Trinajstić information content (AvgIpc) is 2.73. The Morgan fingerprint density at radius 3 is 2.16 bits per heavy atom. The van der Waals surface area contributed by atoms with E-state index in [0.29, 0.717) is 9.80 Å². The monoisotopic (exact) mass is 355 g/mol. The first kappa shape index (κ1) is 18.2. The number of halogens is 3. The molecule has 1 N–H and O–H groups in total. The van der Waals surface area contributed by atoms with Crippen molar-refractivity contribution in [3.8, 4) is 0 Å². The number of alkyl halides is 3. The van der Waals surface area contributed by atoms with E-state index in [1.807, 2.05) is 0 Å². The van der Waals surface area contributed by atoms with Crippen molar-refractivity contribution in [2.24, 2.45) is 0 Å². The SMILES string of the molecule is C=CCN1C(=O)C(=O)N(CC(=O)Nc2ccc(C(F)(F)F)cc2)C1=O. The second-order valence-corrected chi connectivity index (χ2v) is 5.00. The van der Waals surface area contributed by atoms with Crippen LogP contribution in [0.15, 0.2) is 36.9 Å². The number of nitrogens with zero attached hydrogens (tertiary/aromatic N) is 2. The van der Waals surface area contributed by atoms with E-state index in [1.54, 1.807) is 0 Å². The van der Waals surface area contributed by atoms with Gasteiger partial charge in [-0.1, -0.05) is 6.08 Å². The highest BCUT2D eigenvalue weighted by Crippen LogP contribution is 2.29. The Morgan fingerprint density at radius 1 is 1.08 bits per heavy atom. The van der Waals surface area contributed by atoms with Gasteiger partial charge in [0.1, 0.15) is 6.54 Å². The van der Waals surface area contributed by atoms with Gasteiger partial charge >= 0.3 is 24.0 Å². The number of carbonyl (C=O) groups is 4. The number of rotatable bonds is 5. The first-order valence-electron chi connectivity index (χ1n) is 6.90. The molecule has 1 fully saturated rings. The number of hydrogen-bond acceptors (Lipinski definition) is 4. The van der Waals surface area contributed by atoms with Gasteiger partial charge in [-0.2, -0.15) is 13.2 Å². The third-order valence-corrected chi connectivity index (χ3v) is 3.24. The number of hydrogen-bond donors (Lipinski definition) is 1. The molecule has 0 spiro atoms. The maximum Gasteiger partial charge on any atom is 0.416 e. The summed E-state index contributed by atoms with van der Waals surface area (Å²) in [4.78, 5) is 48.2. The summed E-state index contributed by atoms with van der Waals surface area (Å²) in [5.41, 5.74) is -0.840. The zero-order valence-electron chi connectivity index (χ0n) is 12.7. The number of amides is 5. The minimum absolute atomic E-state index is 0.0476. The molecule has 1 aliphatic heterocycles. The van der Waals surface area contributed by atoms with Crippen LogP contribution < -0.4 is 5.32 Å². The fraction of sp³-hybridized carbons (Fsp3) is 0.200. The summed E-state index contributed by atoms with van der Waals surface area (Å²) < 4.78 is 37.4. The maximum atomic E-state index is 12.5. The van der Waals surface area contributed by atoms with Crippen LogP contribution in [0.2, 0.25) is 0 Å². The first-order valence-corrected chi connectivity index (χ1v) is 6.90. The molecule has 1 aliphatic rings. The molecule has 0 bridgehead atoms. The van der Waals surface area contributed by atoms with E-state index in [1.165, 1.54) is 6.08 Å². The summed E-state index contributed by atoms with van der Waals surface area (Å²) in [6.45, 7) is 2.43. The Hall–Kier alpha value is -3.17. The molecule has 1 heterocycles. The van der Waals surface area contributed by atoms with Gasteiger partial charge in [0.15, 0.2) is 0 Å². The molecule has 1 saturated heterocycles. The largest absolute Gasteiger partial charge is 0.416 e. The van der Waals surface area contributed by atoms with Crippen LogP contribution in [-0.4, -0.2) is 46.6 Å². The first-order chi connectivity index (χ1) is 11.6. The molecule has 25 heavy (non-hydrogen) atoms. The third-order valence-electron chi connectivity index (χ3n) is 3.24. The van der Waals surface area contributed by atoms with Gasteiger partial charge in [0, 0.05) is 12.2 Å². The molecule has 132 valence electrons. The smallest absolute Gasteiger partial charge is 0.325 e. The molecule has 2 rings (SSSR count). The van der Waals surface area contributed by atoms with Crippen LogP contribution >= 0.6 is 0 Å². The van der Waals surface area contributed by atoms with E-state index < -0.39 is 42.0 Å². The minimum atomic E-state index is -4.51. The van der Waals surface area contributed by atoms with E-state index in [4.69, 9.17) is 0 Å². The molecular formula is C15H12F3N3O4. The number of nitrogens with one attached hydrogen (secondary N) is 1. The van der Waals surface area contributed by atoms with Crippen LogP contribution in [0, 0.1) is 0 Å². The summed E-state index contributed by atoms with van der Waals surface area (Å²) >= 11 is 0. The quantitative estimate of drug-likeness (QED) is 0.494. The summed E-state index contributed by atoms with van der Waals surface area (Å²) in [5.74, 6) is -3.07. The predicted octanol–water partition coefficient (Wildman–Crippen LogP) is 1.62. The van der Waals surface area contributed by atoms with Gasteiger partial charge in [0.05, 0.1) is 5.56 Å². The van der Waals surface area contributed by atoms with Crippen LogP contribution in [-0.2, 0) is 20.6 Å². The Kier molecular flexibility index (Phi) is 4.91. The van der Waals surface area contributed by atoms with Crippen LogP contribution in [0.1, 0.15) is 5.56 Å². The number of benzene rings is 1. The van der Waals surface area contributed by atoms with Gasteiger partial charge in [-0.3, -0.25) is 19.3 Å². The van der Waals surface area contributed by atoms with Gasteiger partial charge in [-0.15, -0.1) is 6.58 Å². The Bertz CT molecular complexity index is 743. The molecule has 0 radical (unpaired) electrons. The highest BCUT2D eigenvalue weighted by molar-refractivity contribution is 6.45. The molecule has 1 aromatic carbocycles. The lowest BCUT2D eigenvalue weighted by atomic mass is 10.2. The van der Waals surface area contributed by atoms with E-state index in [-0.39, 0.29) is 12.2 Å². The zero-order valence-corrected chi connectivity index (χ0v) is 12.7. The van der Waals surface area contributed by atoms with Crippen molar-refractivity contribution in [3.05, 3.63) is 42.5 Å². The molecule has 0 unspecified atom stereocenters. The molecule has 0 saturated carbocycles. The second kappa shape index (κ2) is 6.75. The summed E-state index contributed by atoms with van der Waals surface area (Å²) in [7, 11) is 0. The standard InChI is InChI=1S/C15H12F3N3O4/c1-2-7-20-12(23)13(24)21(14(20)25)8-11(22)19-10-5-3-9(4-6-10)15(16,17)18/h2-6H,1,7-8H2,(H,19,22). The van der Waals surface area contributed by atoms with E-state index in [2.05, 4.69) is 11.9 Å². The van der Waals surface area contributed by atoms with Gasteiger partial charge in [0.2, 0.25) is 5.91 Å². The van der Waals surface area contributed by atoms with Gasteiger partial charge < -0.3 is 5.32 Å². The number of urea groups is 1. The minimum Gasteiger partial charge on any atom is -0.325 e. The van der Waals surface area contributed by atoms with Crippen LogP contribution in [0.5, 0.6) is 0 Å². The lowest BCUT2D eigenvalue weighted by molar-refractivity contribution is -0.143. The van der Waals surface area contributed by atoms with E-state index in [9.17, 15) is 32.3 Å². The van der Waals surface area contributed by atoms with Crippen molar-refractivity contribution >= 4 is 29.4 Å². The molecule has 0 aliphatic carbocycles. The van der Waals surface area contributed by atoms with Crippen molar-refractivity contribution in [2.45, 2.75) is 6.18 Å². The third kappa shape index (κ3) is 3.84. The van der Waals surface area contributed by atoms with Crippen molar-refractivity contribution in [2.75, 3.05) is 18.4 Å². The number of anilines is 1. The molecule has 7 nitrogen and oxygen atoms in total. The predicted molar refractivity (Wildman–Crippen MR) is 79.1 cm³/mol. The Morgan fingerprint density at radius 2 is 1.64 bits per heavy atom. The Balaban J connectivity index is 2.03. The van der Waals surface area contributed by atoms with Crippen LogP contribution in [0.4, 0.5) is 23.7 Å². The van der Waals surface area contributed by atoms with Gasteiger partial charge in [-0.25, -0.2) is 9.69 Å². The van der Waals surface area contributed by atoms with Crippen LogP contribution in [0.3, 0.4) is 0 Å². The normalized spacial score (nSPS) is 14.9. The van der Waals surface area contributed by atoms with Gasteiger partial charge in [-0.05, 0) is 24.3 Å². The number of imide groups is 2. The van der Waals surface area contributed by atoms with Crippen molar-refractivity contribution in [1.29, 1.82) is 0 Å². The van der Waals surface area contributed by atoms with Gasteiger partial charge in [0.25, 0.3) is 0 Å².